The first-order chi connectivity index (χ1) is 15.5. The van der Waals surface area contributed by atoms with Crippen molar-refractivity contribution in [2.75, 3.05) is 31.1 Å². The van der Waals surface area contributed by atoms with Crippen molar-refractivity contribution in [3.05, 3.63) is 65.2 Å². The molecule has 0 radical (unpaired) electrons. The Labute approximate surface area is 194 Å². The van der Waals surface area contributed by atoms with Gasteiger partial charge in [0.15, 0.2) is 0 Å². The third kappa shape index (κ3) is 5.92. The maximum absolute atomic E-state index is 12.8. The molecule has 2 fully saturated rings. The van der Waals surface area contributed by atoms with Gasteiger partial charge in [-0.05, 0) is 92.9 Å². The molecule has 0 bridgehead atoms. The summed E-state index contributed by atoms with van der Waals surface area (Å²) in [6.45, 7) is 12.4. The summed E-state index contributed by atoms with van der Waals surface area (Å²) in [5.41, 5.74) is 4.44. The Hall–Kier alpha value is -2.33. The first-order valence-electron chi connectivity index (χ1n) is 12.4. The lowest BCUT2D eigenvalue weighted by molar-refractivity contribution is 0.0940. The van der Waals surface area contributed by atoms with E-state index in [-0.39, 0.29) is 11.9 Å². The van der Waals surface area contributed by atoms with Gasteiger partial charge in [-0.3, -0.25) is 9.69 Å². The van der Waals surface area contributed by atoms with Gasteiger partial charge in [-0.25, -0.2) is 0 Å². The second-order valence-electron chi connectivity index (χ2n) is 10.1. The fraction of sp³-hybridized carbons (Fsp3) is 0.536. The van der Waals surface area contributed by atoms with Gasteiger partial charge in [0.25, 0.3) is 5.91 Å². The van der Waals surface area contributed by atoms with E-state index in [1.165, 1.54) is 50.0 Å². The summed E-state index contributed by atoms with van der Waals surface area (Å²) in [7, 11) is 0. The van der Waals surface area contributed by atoms with Crippen molar-refractivity contribution in [3.8, 4) is 0 Å². The molecule has 1 N–H and O–H groups in total. The van der Waals surface area contributed by atoms with Crippen LogP contribution in [0, 0.1) is 11.8 Å². The summed E-state index contributed by atoms with van der Waals surface area (Å²) in [6.07, 6.45) is 5.11. The molecular formula is C28H39N3O. The Balaban J connectivity index is 1.29. The Morgan fingerprint density at radius 2 is 1.44 bits per heavy atom. The molecule has 2 aromatic rings. The molecule has 1 amide bonds. The number of rotatable bonds is 6. The van der Waals surface area contributed by atoms with Gasteiger partial charge in [-0.15, -0.1) is 0 Å². The molecule has 4 heteroatoms. The molecule has 4 nitrogen and oxygen atoms in total. The maximum atomic E-state index is 12.8. The number of hydrogen-bond donors (Lipinski definition) is 1. The molecule has 2 aliphatic heterocycles. The Morgan fingerprint density at radius 1 is 0.875 bits per heavy atom. The van der Waals surface area contributed by atoms with Gasteiger partial charge in [-0.1, -0.05) is 38.1 Å². The quantitative estimate of drug-likeness (QED) is 0.640. The predicted molar refractivity (Wildman–Crippen MR) is 133 cm³/mol. The van der Waals surface area contributed by atoms with E-state index in [1.54, 1.807) is 0 Å². The lowest BCUT2D eigenvalue weighted by Gasteiger charge is -2.32. The highest BCUT2D eigenvalue weighted by atomic mass is 16.1. The molecule has 2 heterocycles. The number of amides is 1. The summed E-state index contributed by atoms with van der Waals surface area (Å²) in [5.74, 6) is 1.68. The van der Waals surface area contributed by atoms with Crippen LogP contribution in [0.1, 0.15) is 74.0 Å². The zero-order chi connectivity index (χ0) is 22.5. The van der Waals surface area contributed by atoms with Crippen LogP contribution in [0.2, 0.25) is 0 Å². The second-order valence-corrected chi connectivity index (χ2v) is 10.1. The van der Waals surface area contributed by atoms with Crippen LogP contribution in [-0.4, -0.2) is 37.0 Å². The molecule has 0 spiro atoms. The van der Waals surface area contributed by atoms with Gasteiger partial charge >= 0.3 is 0 Å². The van der Waals surface area contributed by atoms with E-state index in [4.69, 9.17) is 0 Å². The number of piperidine rings is 2. The minimum absolute atomic E-state index is 0.00931. The number of carbonyl (C=O) groups is 1. The van der Waals surface area contributed by atoms with Crippen LogP contribution in [0.25, 0.3) is 0 Å². The summed E-state index contributed by atoms with van der Waals surface area (Å²) in [6, 6.07) is 16.8. The van der Waals surface area contributed by atoms with Crippen molar-refractivity contribution < 1.29 is 4.79 Å². The molecule has 172 valence electrons. The van der Waals surface area contributed by atoms with Crippen LogP contribution in [-0.2, 0) is 6.54 Å². The topological polar surface area (TPSA) is 35.6 Å². The monoisotopic (exact) mass is 433 g/mol. The maximum Gasteiger partial charge on any atom is 0.251 e. The standard InChI is InChI=1S/C28H39N3O/c1-21-12-16-30(17-13-21)20-24-4-6-26(7-5-24)28(32)29-23(3)25-8-10-27(11-9-25)31-18-14-22(2)15-19-31/h4-11,21-23H,12-20H2,1-3H3,(H,29,32). The molecule has 2 aromatic carbocycles. The zero-order valence-corrected chi connectivity index (χ0v) is 20.0. The lowest BCUT2D eigenvalue weighted by Crippen LogP contribution is -2.32. The van der Waals surface area contributed by atoms with Crippen LogP contribution in [0.15, 0.2) is 48.5 Å². The second kappa shape index (κ2) is 10.5. The minimum atomic E-state index is -0.0204. The molecule has 0 aromatic heterocycles. The third-order valence-electron chi connectivity index (χ3n) is 7.39. The number of likely N-dealkylation sites (tertiary alicyclic amines) is 1. The largest absolute Gasteiger partial charge is 0.372 e. The van der Waals surface area contributed by atoms with Crippen molar-refractivity contribution >= 4 is 11.6 Å². The Bertz CT molecular complexity index is 861. The van der Waals surface area contributed by atoms with E-state index in [0.29, 0.717) is 0 Å². The van der Waals surface area contributed by atoms with Crippen LogP contribution in [0.3, 0.4) is 0 Å². The first kappa shape index (κ1) is 22.8. The molecule has 4 rings (SSSR count). The van der Waals surface area contributed by atoms with E-state index in [2.05, 4.69) is 72.3 Å². The van der Waals surface area contributed by atoms with Crippen molar-refractivity contribution in [1.29, 1.82) is 0 Å². The molecule has 1 atom stereocenters. The van der Waals surface area contributed by atoms with Crippen molar-refractivity contribution in [3.63, 3.8) is 0 Å². The summed E-state index contributed by atoms with van der Waals surface area (Å²) in [4.78, 5) is 17.8. The number of nitrogens with zero attached hydrogens (tertiary/aromatic N) is 2. The van der Waals surface area contributed by atoms with Gasteiger partial charge in [-0.2, -0.15) is 0 Å². The van der Waals surface area contributed by atoms with Gasteiger partial charge in [0, 0.05) is 30.9 Å². The molecule has 2 saturated heterocycles. The summed E-state index contributed by atoms with van der Waals surface area (Å²) < 4.78 is 0. The number of nitrogens with one attached hydrogen (secondary N) is 1. The summed E-state index contributed by atoms with van der Waals surface area (Å²) >= 11 is 0. The average molecular weight is 434 g/mol. The fourth-order valence-corrected chi connectivity index (χ4v) is 4.84. The highest BCUT2D eigenvalue weighted by Crippen LogP contribution is 2.25. The highest BCUT2D eigenvalue weighted by molar-refractivity contribution is 5.94. The number of hydrogen-bond acceptors (Lipinski definition) is 3. The van der Waals surface area contributed by atoms with Gasteiger partial charge in [0.1, 0.15) is 0 Å². The molecule has 32 heavy (non-hydrogen) atoms. The van der Waals surface area contributed by atoms with E-state index >= 15 is 0 Å². The molecule has 2 aliphatic rings. The Kier molecular flexibility index (Phi) is 7.51. The van der Waals surface area contributed by atoms with E-state index in [0.717, 1.165) is 42.6 Å². The van der Waals surface area contributed by atoms with Crippen LogP contribution in [0.5, 0.6) is 0 Å². The zero-order valence-electron chi connectivity index (χ0n) is 20.0. The smallest absolute Gasteiger partial charge is 0.251 e. The lowest BCUT2D eigenvalue weighted by atomic mass is 9.98. The van der Waals surface area contributed by atoms with Crippen molar-refractivity contribution in [1.82, 2.24) is 10.2 Å². The molecular weight excluding hydrogens is 394 g/mol. The SMILES string of the molecule is CC1CCN(Cc2ccc(C(=O)NC(C)c3ccc(N4CCC(C)CC4)cc3)cc2)CC1. The molecule has 1 unspecified atom stereocenters. The van der Waals surface area contributed by atoms with Crippen LogP contribution < -0.4 is 10.2 Å². The summed E-state index contributed by atoms with van der Waals surface area (Å²) in [5, 5.41) is 3.16. The van der Waals surface area contributed by atoms with Gasteiger partial charge in [0.05, 0.1) is 6.04 Å². The van der Waals surface area contributed by atoms with E-state index in [1.807, 2.05) is 12.1 Å². The Morgan fingerprint density at radius 3 is 2.03 bits per heavy atom. The molecule has 0 saturated carbocycles. The van der Waals surface area contributed by atoms with E-state index < -0.39 is 0 Å². The molecule has 0 aliphatic carbocycles. The van der Waals surface area contributed by atoms with Crippen LogP contribution >= 0.6 is 0 Å². The number of benzene rings is 2. The number of anilines is 1. The van der Waals surface area contributed by atoms with Gasteiger partial charge < -0.3 is 10.2 Å². The highest BCUT2D eigenvalue weighted by Gasteiger charge is 2.18. The first-order valence-corrected chi connectivity index (χ1v) is 12.4. The van der Waals surface area contributed by atoms with Crippen molar-refractivity contribution in [2.24, 2.45) is 11.8 Å². The van der Waals surface area contributed by atoms with Crippen molar-refractivity contribution in [2.45, 2.75) is 59.0 Å². The van der Waals surface area contributed by atoms with Gasteiger partial charge in [0.2, 0.25) is 0 Å². The van der Waals surface area contributed by atoms with Crippen LogP contribution in [0.4, 0.5) is 5.69 Å². The number of carbonyl (C=O) groups excluding carboxylic acids is 1. The normalized spacial score (nSPS) is 19.7. The van der Waals surface area contributed by atoms with E-state index in [9.17, 15) is 4.79 Å². The third-order valence-corrected chi connectivity index (χ3v) is 7.39. The average Bonchev–Trinajstić information content (AvgIpc) is 2.81. The minimum Gasteiger partial charge on any atom is -0.372 e. The fourth-order valence-electron chi connectivity index (χ4n) is 4.84. The predicted octanol–water partition coefficient (Wildman–Crippen LogP) is 5.65.